The van der Waals surface area contributed by atoms with E-state index in [0.29, 0.717) is 35.1 Å². The number of anilines is 3. The third-order valence-corrected chi connectivity index (χ3v) is 6.38. The van der Waals surface area contributed by atoms with E-state index in [4.69, 9.17) is 10.5 Å². The summed E-state index contributed by atoms with van der Waals surface area (Å²) in [4.78, 5) is 18.8. The molecule has 35 heavy (non-hydrogen) atoms. The van der Waals surface area contributed by atoms with Crippen LogP contribution in [0, 0.1) is 6.92 Å². The van der Waals surface area contributed by atoms with Gasteiger partial charge >= 0.3 is 0 Å². The second-order valence-corrected chi connectivity index (χ2v) is 8.98. The summed E-state index contributed by atoms with van der Waals surface area (Å²) in [5, 5.41) is 17.3. The normalized spacial score (nSPS) is 13.7. The van der Waals surface area contributed by atoms with E-state index < -0.39 is 0 Å². The van der Waals surface area contributed by atoms with E-state index in [0.717, 1.165) is 34.2 Å². The van der Waals surface area contributed by atoms with Gasteiger partial charge in [-0.15, -0.1) is 10.2 Å². The Labute approximate surface area is 203 Å². The van der Waals surface area contributed by atoms with E-state index in [9.17, 15) is 4.79 Å². The summed E-state index contributed by atoms with van der Waals surface area (Å²) < 4.78 is 7.18. The number of rotatable bonds is 5. The number of hydrogen-bond acceptors (Lipinski definition) is 8. The van der Waals surface area contributed by atoms with Crippen molar-refractivity contribution in [3.63, 3.8) is 0 Å². The average molecular weight is 473 g/mol. The van der Waals surface area contributed by atoms with E-state index in [2.05, 4.69) is 25.6 Å². The lowest BCUT2D eigenvalue weighted by Gasteiger charge is -2.24. The predicted octanol–water partition coefficient (Wildman–Crippen LogP) is 3.32. The molecule has 0 bridgehead atoms. The molecule has 0 radical (unpaired) electrons. The first kappa shape index (κ1) is 22.6. The van der Waals surface area contributed by atoms with Crippen molar-refractivity contribution in [2.75, 3.05) is 24.7 Å². The third-order valence-electron chi connectivity index (χ3n) is 6.38. The van der Waals surface area contributed by atoms with E-state index >= 15 is 0 Å². The van der Waals surface area contributed by atoms with Gasteiger partial charge in [-0.25, -0.2) is 0 Å². The average Bonchev–Trinajstić information content (AvgIpc) is 3.11. The van der Waals surface area contributed by atoms with Gasteiger partial charge < -0.3 is 20.7 Å². The molecule has 0 aliphatic carbocycles. The molecule has 1 amide bonds. The Morgan fingerprint density at radius 1 is 1.11 bits per heavy atom. The zero-order valence-electron chi connectivity index (χ0n) is 20.2. The molecule has 1 aliphatic heterocycles. The number of carbonyl (C=O) groups is 1. The van der Waals surface area contributed by atoms with Gasteiger partial charge in [-0.2, -0.15) is 5.10 Å². The van der Waals surface area contributed by atoms with Crippen LogP contribution < -0.4 is 15.8 Å². The number of benzene rings is 1. The number of nitrogens with two attached hydrogens (primary N) is 1. The summed E-state index contributed by atoms with van der Waals surface area (Å²) in [7, 11) is 1.63. The SMILES string of the molecule is COc1cncc(-c2cc(N)c3nnc(Nc4cc5n(n4)CC(=O)N(C(C)C)CC5)cc3c2)c1C. The minimum atomic E-state index is 0.0734. The summed E-state index contributed by atoms with van der Waals surface area (Å²) in [5.74, 6) is 1.95. The molecule has 10 heteroatoms. The Hall–Kier alpha value is -4.21. The maximum Gasteiger partial charge on any atom is 0.244 e. The van der Waals surface area contributed by atoms with Crippen molar-refractivity contribution in [1.29, 1.82) is 0 Å². The number of hydrogen-bond donors (Lipinski definition) is 2. The third kappa shape index (κ3) is 4.23. The van der Waals surface area contributed by atoms with Gasteiger partial charge in [-0.05, 0) is 44.5 Å². The molecular weight excluding hydrogens is 444 g/mol. The topological polar surface area (TPSA) is 124 Å². The highest BCUT2D eigenvalue weighted by Gasteiger charge is 2.24. The van der Waals surface area contributed by atoms with Crippen LogP contribution >= 0.6 is 0 Å². The van der Waals surface area contributed by atoms with Gasteiger partial charge in [-0.3, -0.25) is 14.5 Å². The van der Waals surface area contributed by atoms with Crippen molar-refractivity contribution in [1.82, 2.24) is 29.9 Å². The van der Waals surface area contributed by atoms with Crippen LogP contribution in [0.15, 0.2) is 36.7 Å². The first-order chi connectivity index (χ1) is 16.8. The lowest BCUT2D eigenvalue weighted by atomic mass is 10.00. The molecule has 0 atom stereocenters. The Bertz CT molecular complexity index is 1430. The fourth-order valence-corrected chi connectivity index (χ4v) is 4.52. The lowest BCUT2D eigenvalue weighted by molar-refractivity contribution is -0.133. The summed E-state index contributed by atoms with van der Waals surface area (Å²) in [5.41, 5.74) is 11.3. The van der Waals surface area contributed by atoms with Crippen LogP contribution in [0.2, 0.25) is 0 Å². The maximum atomic E-state index is 12.6. The fourth-order valence-electron chi connectivity index (χ4n) is 4.52. The van der Waals surface area contributed by atoms with Gasteiger partial charge in [0.05, 0.1) is 19.0 Å². The van der Waals surface area contributed by atoms with Crippen molar-refractivity contribution in [3.8, 4) is 16.9 Å². The van der Waals surface area contributed by atoms with E-state index in [1.807, 2.05) is 49.9 Å². The van der Waals surface area contributed by atoms with Crippen LogP contribution in [0.1, 0.15) is 25.1 Å². The molecule has 1 aromatic carbocycles. The summed E-state index contributed by atoms with van der Waals surface area (Å²) in [6, 6.07) is 7.90. The van der Waals surface area contributed by atoms with Gasteiger partial charge in [0.15, 0.2) is 11.6 Å². The minimum Gasteiger partial charge on any atom is -0.495 e. The van der Waals surface area contributed by atoms with Crippen LogP contribution in [0.5, 0.6) is 5.75 Å². The number of aromatic nitrogens is 5. The highest BCUT2D eigenvalue weighted by Crippen LogP contribution is 2.33. The Morgan fingerprint density at radius 2 is 1.94 bits per heavy atom. The fraction of sp³-hybridized carbons (Fsp3) is 0.320. The zero-order valence-corrected chi connectivity index (χ0v) is 20.2. The van der Waals surface area contributed by atoms with Gasteiger partial charge in [-0.1, -0.05) is 0 Å². The molecule has 3 N–H and O–H groups in total. The van der Waals surface area contributed by atoms with Gasteiger partial charge in [0.1, 0.15) is 17.8 Å². The number of fused-ring (bicyclic) bond motifs is 2. The zero-order chi connectivity index (χ0) is 24.7. The number of nitrogens with zero attached hydrogens (tertiary/aromatic N) is 6. The molecular formula is C25H28N8O2. The van der Waals surface area contributed by atoms with Gasteiger partial charge in [0.2, 0.25) is 5.91 Å². The van der Waals surface area contributed by atoms with E-state index in [1.54, 1.807) is 24.2 Å². The second kappa shape index (κ2) is 8.86. The van der Waals surface area contributed by atoms with Crippen LogP contribution in [-0.4, -0.2) is 55.5 Å². The van der Waals surface area contributed by atoms with Crippen molar-refractivity contribution < 1.29 is 9.53 Å². The highest BCUT2D eigenvalue weighted by atomic mass is 16.5. The lowest BCUT2D eigenvalue weighted by Crippen LogP contribution is -2.38. The Balaban J connectivity index is 1.45. The predicted molar refractivity (Wildman–Crippen MR) is 135 cm³/mol. The van der Waals surface area contributed by atoms with Crippen LogP contribution in [0.4, 0.5) is 17.3 Å². The number of methoxy groups -OCH3 is 1. The standard InChI is InChI=1S/C25H28N8O2/c1-14(2)32-6-5-18-10-23(31-33(18)13-24(32)34)28-22-9-17-7-16(8-20(26)25(17)30-29-22)19-11-27-12-21(35-4)15(19)3/h7-12,14H,5-6,13,26H2,1-4H3,(H,28,29,31). The smallest absolute Gasteiger partial charge is 0.244 e. The summed E-state index contributed by atoms with van der Waals surface area (Å²) >= 11 is 0. The molecule has 1 aliphatic rings. The monoisotopic (exact) mass is 472 g/mol. The quantitative estimate of drug-likeness (QED) is 0.424. The number of nitrogen functional groups attached to an aromatic ring is 1. The molecule has 0 saturated carbocycles. The molecule has 3 aromatic heterocycles. The summed E-state index contributed by atoms with van der Waals surface area (Å²) in [6.07, 6.45) is 4.24. The highest BCUT2D eigenvalue weighted by molar-refractivity contribution is 5.95. The van der Waals surface area contributed by atoms with Crippen molar-refractivity contribution in [2.24, 2.45) is 0 Å². The molecule has 0 spiro atoms. The van der Waals surface area contributed by atoms with Gasteiger partial charge in [0, 0.05) is 53.5 Å². The van der Waals surface area contributed by atoms with Crippen molar-refractivity contribution >= 4 is 34.1 Å². The van der Waals surface area contributed by atoms with Crippen molar-refractivity contribution in [2.45, 2.75) is 39.8 Å². The van der Waals surface area contributed by atoms with Gasteiger partial charge in [0.25, 0.3) is 0 Å². The molecule has 0 saturated heterocycles. The number of pyridine rings is 1. The summed E-state index contributed by atoms with van der Waals surface area (Å²) in [6.45, 7) is 6.95. The molecule has 0 unspecified atom stereocenters. The van der Waals surface area contributed by atoms with Crippen LogP contribution in [-0.2, 0) is 17.8 Å². The number of carbonyl (C=O) groups excluding carboxylic acids is 1. The first-order valence-corrected chi connectivity index (χ1v) is 11.5. The van der Waals surface area contributed by atoms with E-state index in [-0.39, 0.29) is 18.5 Å². The van der Waals surface area contributed by atoms with Crippen LogP contribution in [0.3, 0.4) is 0 Å². The second-order valence-electron chi connectivity index (χ2n) is 8.98. The minimum absolute atomic E-state index is 0.0734. The molecule has 5 rings (SSSR count). The largest absolute Gasteiger partial charge is 0.495 e. The molecule has 180 valence electrons. The molecule has 10 nitrogen and oxygen atoms in total. The van der Waals surface area contributed by atoms with Crippen molar-refractivity contribution in [3.05, 3.63) is 47.9 Å². The Morgan fingerprint density at radius 3 is 2.71 bits per heavy atom. The molecule has 0 fully saturated rings. The molecule has 4 aromatic rings. The van der Waals surface area contributed by atoms with E-state index in [1.165, 1.54) is 0 Å². The number of ether oxygens (including phenoxy) is 1. The number of nitrogens with one attached hydrogen (secondary N) is 1. The first-order valence-electron chi connectivity index (χ1n) is 11.5. The van der Waals surface area contributed by atoms with Crippen LogP contribution in [0.25, 0.3) is 22.0 Å². The molecule has 4 heterocycles. The maximum absolute atomic E-state index is 12.6. The Kier molecular flexibility index (Phi) is 5.72. The number of amides is 1.